The van der Waals surface area contributed by atoms with E-state index in [4.69, 9.17) is 4.74 Å². The maximum absolute atomic E-state index is 12.9. The van der Waals surface area contributed by atoms with Crippen molar-refractivity contribution in [2.75, 3.05) is 18.1 Å². The third-order valence-electron chi connectivity index (χ3n) is 6.60. The van der Waals surface area contributed by atoms with Gasteiger partial charge in [-0.05, 0) is 75.1 Å². The predicted molar refractivity (Wildman–Crippen MR) is 109 cm³/mol. The number of benzene rings is 1. The van der Waals surface area contributed by atoms with Crippen LogP contribution in [-0.2, 0) is 9.59 Å². The van der Waals surface area contributed by atoms with Gasteiger partial charge < -0.3 is 14.5 Å². The first-order valence-electron chi connectivity index (χ1n) is 11.0. The molecule has 5 nitrogen and oxygen atoms in total. The zero-order valence-corrected chi connectivity index (χ0v) is 16.9. The Bertz CT molecular complexity index is 690. The van der Waals surface area contributed by atoms with Crippen LogP contribution >= 0.6 is 0 Å². The average molecular weight is 385 g/mol. The molecule has 2 aliphatic carbocycles. The van der Waals surface area contributed by atoms with Gasteiger partial charge in [0.2, 0.25) is 5.91 Å². The molecular formula is C23H32N2O3. The summed E-state index contributed by atoms with van der Waals surface area (Å²) in [6.07, 6.45) is 9.85. The fourth-order valence-corrected chi connectivity index (χ4v) is 4.75. The van der Waals surface area contributed by atoms with Crippen molar-refractivity contribution in [3.8, 4) is 5.75 Å². The van der Waals surface area contributed by atoms with Crippen LogP contribution in [0.1, 0.15) is 64.7 Å². The van der Waals surface area contributed by atoms with E-state index in [0.717, 1.165) is 50.3 Å². The Balaban J connectivity index is 1.32. The van der Waals surface area contributed by atoms with E-state index in [1.165, 1.54) is 19.3 Å². The zero-order valence-electron chi connectivity index (χ0n) is 16.9. The number of rotatable bonds is 7. The van der Waals surface area contributed by atoms with E-state index in [2.05, 4.69) is 11.8 Å². The first kappa shape index (κ1) is 19.3. The van der Waals surface area contributed by atoms with Crippen LogP contribution in [-0.4, -0.2) is 41.9 Å². The van der Waals surface area contributed by atoms with E-state index in [1.54, 1.807) is 0 Å². The quantitative estimate of drug-likeness (QED) is 0.709. The van der Waals surface area contributed by atoms with E-state index in [9.17, 15) is 9.59 Å². The number of hydrogen-bond donors (Lipinski definition) is 0. The molecule has 0 bridgehead atoms. The van der Waals surface area contributed by atoms with E-state index in [0.29, 0.717) is 24.3 Å². The SMILES string of the molecule is CCC1CCC(N(C(=O)COc2ccc(N3CCCC3=O)cc2)C2CC2)CC1. The minimum absolute atomic E-state index is 0.103. The van der Waals surface area contributed by atoms with Crippen molar-refractivity contribution in [3.63, 3.8) is 0 Å². The number of carbonyl (C=O) groups excluding carboxylic acids is 2. The lowest BCUT2D eigenvalue weighted by molar-refractivity contribution is -0.137. The third-order valence-corrected chi connectivity index (χ3v) is 6.60. The lowest BCUT2D eigenvalue weighted by atomic mass is 9.84. The number of carbonyl (C=O) groups is 2. The Hall–Kier alpha value is -2.04. The van der Waals surface area contributed by atoms with Crippen LogP contribution in [0.2, 0.25) is 0 Å². The van der Waals surface area contributed by atoms with Gasteiger partial charge in [0, 0.05) is 30.7 Å². The van der Waals surface area contributed by atoms with Crippen molar-refractivity contribution in [1.29, 1.82) is 0 Å². The van der Waals surface area contributed by atoms with E-state index in [-0.39, 0.29) is 18.4 Å². The molecule has 1 aliphatic heterocycles. The highest BCUT2D eigenvalue weighted by Gasteiger charge is 2.38. The van der Waals surface area contributed by atoms with Gasteiger partial charge in [0.1, 0.15) is 5.75 Å². The maximum atomic E-state index is 12.9. The second kappa shape index (κ2) is 8.54. The number of ether oxygens (including phenoxy) is 1. The Morgan fingerprint density at radius 2 is 1.71 bits per heavy atom. The van der Waals surface area contributed by atoms with Crippen LogP contribution in [0.3, 0.4) is 0 Å². The molecule has 152 valence electrons. The molecule has 1 aromatic rings. The van der Waals surface area contributed by atoms with Gasteiger partial charge in [-0.3, -0.25) is 9.59 Å². The molecule has 5 heteroatoms. The molecule has 0 radical (unpaired) electrons. The van der Waals surface area contributed by atoms with Crippen LogP contribution in [0.25, 0.3) is 0 Å². The van der Waals surface area contributed by atoms with Crippen LogP contribution in [0.4, 0.5) is 5.69 Å². The summed E-state index contributed by atoms with van der Waals surface area (Å²) in [5.74, 6) is 1.84. The molecule has 3 fully saturated rings. The first-order valence-corrected chi connectivity index (χ1v) is 11.0. The van der Waals surface area contributed by atoms with E-state index < -0.39 is 0 Å². The Morgan fingerprint density at radius 1 is 1.07 bits per heavy atom. The largest absolute Gasteiger partial charge is 0.484 e. The summed E-state index contributed by atoms with van der Waals surface area (Å²) in [5, 5.41) is 0. The molecule has 4 rings (SSSR count). The fraction of sp³-hybridized carbons (Fsp3) is 0.652. The molecule has 0 atom stereocenters. The Morgan fingerprint density at radius 3 is 2.25 bits per heavy atom. The lowest BCUT2D eigenvalue weighted by Gasteiger charge is -2.37. The smallest absolute Gasteiger partial charge is 0.261 e. The summed E-state index contributed by atoms with van der Waals surface area (Å²) in [5.41, 5.74) is 0.911. The number of amides is 2. The maximum Gasteiger partial charge on any atom is 0.261 e. The zero-order chi connectivity index (χ0) is 19.5. The topological polar surface area (TPSA) is 49.9 Å². The number of nitrogens with zero attached hydrogens (tertiary/aromatic N) is 2. The molecule has 1 aromatic carbocycles. The summed E-state index contributed by atoms with van der Waals surface area (Å²) >= 11 is 0. The van der Waals surface area contributed by atoms with Crippen LogP contribution in [0.15, 0.2) is 24.3 Å². The van der Waals surface area contributed by atoms with Crippen molar-refractivity contribution >= 4 is 17.5 Å². The van der Waals surface area contributed by atoms with Gasteiger partial charge in [0.15, 0.2) is 6.61 Å². The molecule has 0 aromatic heterocycles. The molecule has 0 unspecified atom stereocenters. The second-order valence-corrected chi connectivity index (χ2v) is 8.55. The third kappa shape index (κ3) is 4.34. The molecule has 0 spiro atoms. The second-order valence-electron chi connectivity index (χ2n) is 8.55. The summed E-state index contributed by atoms with van der Waals surface area (Å²) in [6, 6.07) is 8.38. The summed E-state index contributed by atoms with van der Waals surface area (Å²) in [6.45, 7) is 3.16. The highest BCUT2D eigenvalue weighted by atomic mass is 16.5. The van der Waals surface area contributed by atoms with Crippen LogP contribution < -0.4 is 9.64 Å². The van der Waals surface area contributed by atoms with Crippen molar-refractivity contribution in [2.24, 2.45) is 5.92 Å². The average Bonchev–Trinajstić information content (AvgIpc) is 3.47. The molecule has 28 heavy (non-hydrogen) atoms. The highest BCUT2D eigenvalue weighted by Crippen LogP contribution is 2.36. The molecule has 1 saturated heterocycles. The van der Waals surface area contributed by atoms with Crippen LogP contribution in [0.5, 0.6) is 5.75 Å². The molecule has 2 amide bonds. The van der Waals surface area contributed by atoms with Gasteiger partial charge in [-0.15, -0.1) is 0 Å². The van der Waals surface area contributed by atoms with Gasteiger partial charge in [0.25, 0.3) is 5.91 Å². The van der Waals surface area contributed by atoms with Crippen LogP contribution in [0, 0.1) is 5.92 Å². The summed E-state index contributed by atoms with van der Waals surface area (Å²) in [7, 11) is 0. The summed E-state index contributed by atoms with van der Waals surface area (Å²) in [4.78, 5) is 28.7. The molecular weight excluding hydrogens is 352 g/mol. The Labute approximate surface area is 168 Å². The standard InChI is InChI=1S/C23H32N2O3/c1-2-17-5-7-19(8-6-17)25(20-9-10-20)23(27)16-28-21-13-11-18(12-14-21)24-15-3-4-22(24)26/h11-14,17,19-20H,2-10,15-16H2,1H3. The van der Waals surface area contributed by atoms with Gasteiger partial charge >= 0.3 is 0 Å². The first-order chi connectivity index (χ1) is 13.7. The van der Waals surface area contributed by atoms with Crippen molar-refractivity contribution < 1.29 is 14.3 Å². The normalized spacial score (nSPS) is 25.0. The monoisotopic (exact) mass is 384 g/mol. The fourth-order valence-electron chi connectivity index (χ4n) is 4.75. The van der Waals surface area contributed by atoms with Crippen molar-refractivity contribution in [1.82, 2.24) is 4.90 Å². The highest BCUT2D eigenvalue weighted by molar-refractivity contribution is 5.95. The molecule has 3 aliphatic rings. The van der Waals surface area contributed by atoms with Gasteiger partial charge in [0.05, 0.1) is 0 Å². The minimum Gasteiger partial charge on any atom is -0.484 e. The molecule has 2 saturated carbocycles. The number of hydrogen-bond acceptors (Lipinski definition) is 3. The molecule has 0 N–H and O–H groups in total. The number of anilines is 1. The molecule has 1 heterocycles. The van der Waals surface area contributed by atoms with Crippen molar-refractivity contribution in [2.45, 2.75) is 76.8 Å². The minimum atomic E-state index is 0.103. The van der Waals surface area contributed by atoms with Gasteiger partial charge in [-0.2, -0.15) is 0 Å². The lowest BCUT2D eigenvalue weighted by Crippen LogP contribution is -2.45. The van der Waals surface area contributed by atoms with Gasteiger partial charge in [-0.1, -0.05) is 13.3 Å². The van der Waals surface area contributed by atoms with Gasteiger partial charge in [-0.25, -0.2) is 0 Å². The van der Waals surface area contributed by atoms with Crippen molar-refractivity contribution in [3.05, 3.63) is 24.3 Å². The Kier molecular flexibility index (Phi) is 5.88. The van der Waals surface area contributed by atoms with E-state index in [1.807, 2.05) is 29.2 Å². The van der Waals surface area contributed by atoms with E-state index >= 15 is 0 Å². The predicted octanol–water partition coefficient (Wildman–Crippen LogP) is 4.15. The summed E-state index contributed by atoms with van der Waals surface area (Å²) < 4.78 is 5.81.